The van der Waals surface area contributed by atoms with Crippen LogP contribution in [0.4, 0.5) is 0 Å². The molecule has 5 aromatic rings. The summed E-state index contributed by atoms with van der Waals surface area (Å²) in [5.41, 5.74) is 3.31. The van der Waals surface area contributed by atoms with Gasteiger partial charge in [-0.25, -0.2) is 0 Å². The number of ether oxygens (including phenoxy) is 1. The van der Waals surface area contributed by atoms with Crippen LogP contribution in [0.3, 0.4) is 0 Å². The molecule has 3 aromatic carbocycles. The average Bonchev–Trinajstić information content (AvgIpc) is 3.04. The topological polar surface area (TPSA) is 26.5 Å². The minimum absolute atomic E-state index is 0.721. The number of pyridine rings is 1. The van der Waals surface area contributed by atoms with Crippen LogP contribution in [0, 0.1) is 0 Å². The number of hydrogen-bond acceptors (Lipinski definition) is 2. The van der Waals surface area contributed by atoms with Crippen LogP contribution >= 0.6 is 0 Å². The molecule has 0 amide bonds. The smallest absolute Gasteiger partial charge is 0.241 e. The molecule has 3 heterocycles. The predicted octanol–water partition coefficient (Wildman–Crippen LogP) is 5.34. The van der Waals surface area contributed by atoms with Gasteiger partial charge >= 0.3 is 0 Å². The highest BCUT2D eigenvalue weighted by atomic mass is 16.5. The van der Waals surface area contributed by atoms with Gasteiger partial charge in [0.1, 0.15) is 11.4 Å². The first-order chi connectivity index (χ1) is 12.4. The molecule has 3 heteroatoms. The highest BCUT2D eigenvalue weighted by Crippen LogP contribution is 2.40. The van der Waals surface area contributed by atoms with Crippen molar-refractivity contribution in [1.29, 1.82) is 0 Å². The van der Waals surface area contributed by atoms with Gasteiger partial charge in [-0.05, 0) is 28.3 Å². The zero-order chi connectivity index (χ0) is 16.4. The molecule has 1 aliphatic heterocycles. The number of nitrogens with zero attached hydrogens (tertiary/aromatic N) is 2. The van der Waals surface area contributed by atoms with Gasteiger partial charge in [0.2, 0.25) is 5.88 Å². The molecule has 6 rings (SSSR count). The third kappa shape index (κ3) is 1.72. The summed E-state index contributed by atoms with van der Waals surface area (Å²) < 4.78 is 8.36. The normalized spacial score (nSPS) is 13.0. The molecule has 0 fully saturated rings. The van der Waals surface area contributed by atoms with E-state index in [1.807, 2.05) is 0 Å². The van der Waals surface area contributed by atoms with Gasteiger partial charge in [-0.1, -0.05) is 54.6 Å². The van der Waals surface area contributed by atoms with Gasteiger partial charge in [0.05, 0.1) is 5.69 Å². The van der Waals surface area contributed by atoms with E-state index in [1.165, 1.54) is 21.7 Å². The summed E-state index contributed by atoms with van der Waals surface area (Å²) in [5, 5.41) is 4.84. The van der Waals surface area contributed by atoms with Crippen molar-refractivity contribution >= 4 is 27.2 Å². The Morgan fingerprint density at radius 3 is 2.44 bits per heavy atom. The van der Waals surface area contributed by atoms with E-state index >= 15 is 0 Å². The fraction of sp³-hybridized carbons (Fsp3) is 0.0455. The van der Waals surface area contributed by atoms with E-state index in [0.717, 1.165) is 34.8 Å². The molecule has 0 aliphatic carbocycles. The summed E-state index contributed by atoms with van der Waals surface area (Å²) in [6.45, 7) is 0. The minimum atomic E-state index is 0.721. The van der Waals surface area contributed by atoms with Crippen LogP contribution in [0.15, 0.2) is 72.9 Å². The molecule has 0 unspecified atom stereocenters. The van der Waals surface area contributed by atoms with E-state index in [1.54, 1.807) is 0 Å². The SMILES string of the molecule is c1ccc2c3c(ccc2c1)Oc1nc2c4ccccc4ccn2c1C3. The molecule has 118 valence electrons. The van der Waals surface area contributed by atoms with Gasteiger partial charge in [-0.3, -0.25) is 4.40 Å². The monoisotopic (exact) mass is 322 g/mol. The lowest BCUT2D eigenvalue weighted by atomic mass is 9.98. The second kappa shape index (κ2) is 4.61. The maximum Gasteiger partial charge on any atom is 0.241 e. The van der Waals surface area contributed by atoms with E-state index in [9.17, 15) is 0 Å². The average molecular weight is 322 g/mol. The molecular weight excluding hydrogens is 308 g/mol. The summed E-state index contributed by atoms with van der Waals surface area (Å²) in [4.78, 5) is 4.80. The zero-order valence-corrected chi connectivity index (χ0v) is 13.4. The van der Waals surface area contributed by atoms with Crippen molar-refractivity contribution in [3.05, 3.63) is 84.2 Å². The number of hydrogen-bond donors (Lipinski definition) is 0. The van der Waals surface area contributed by atoms with Gasteiger partial charge in [0.15, 0.2) is 0 Å². The van der Waals surface area contributed by atoms with Gasteiger partial charge in [-0.15, -0.1) is 0 Å². The molecular formula is C22H14N2O. The van der Waals surface area contributed by atoms with Crippen molar-refractivity contribution < 1.29 is 4.74 Å². The molecule has 0 saturated heterocycles. The van der Waals surface area contributed by atoms with Crippen molar-refractivity contribution in [3.63, 3.8) is 0 Å². The second-order valence-corrected chi connectivity index (χ2v) is 6.50. The van der Waals surface area contributed by atoms with Crippen LogP contribution < -0.4 is 4.74 Å². The largest absolute Gasteiger partial charge is 0.437 e. The van der Waals surface area contributed by atoms with Crippen LogP contribution in [-0.2, 0) is 6.42 Å². The molecule has 1 aliphatic rings. The summed E-state index contributed by atoms with van der Waals surface area (Å²) in [5.74, 6) is 1.64. The first kappa shape index (κ1) is 13.0. The van der Waals surface area contributed by atoms with Crippen molar-refractivity contribution in [2.45, 2.75) is 6.42 Å². The van der Waals surface area contributed by atoms with Gasteiger partial charge in [0, 0.05) is 23.6 Å². The standard InChI is InChI=1S/C22H14N2O/c1-3-7-16-14(5-1)9-10-20-18(16)13-19-22(25-20)23-21-17-8-4-2-6-15(17)11-12-24(19)21/h1-12H,13H2. The molecule has 0 saturated carbocycles. The number of imidazole rings is 1. The number of benzene rings is 3. The Hall–Kier alpha value is -3.33. The quantitative estimate of drug-likeness (QED) is 0.377. The fourth-order valence-corrected chi connectivity index (χ4v) is 3.90. The zero-order valence-electron chi connectivity index (χ0n) is 13.4. The van der Waals surface area contributed by atoms with E-state index in [-0.39, 0.29) is 0 Å². The van der Waals surface area contributed by atoms with Gasteiger partial charge in [0.25, 0.3) is 0 Å². The van der Waals surface area contributed by atoms with Crippen LogP contribution in [0.2, 0.25) is 0 Å². The third-order valence-electron chi connectivity index (χ3n) is 5.13. The van der Waals surface area contributed by atoms with Crippen molar-refractivity contribution in [3.8, 4) is 11.6 Å². The fourth-order valence-electron chi connectivity index (χ4n) is 3.90. The Morgan fingerprint density at radius 2 is 1.56 bits per heavy atom. The Labute approximate surface area is 144 Å². The predicted molar refractivity (Wildman–Crippen MR) is 99.5 cm³/mol. The lowest BCUT2D eigenvalue weighted by Gasteiger charge is -2.18. The Kier molecular flexibility index (Phi) is 2.40. The molecule has 0 N–H and O–H groups in total. The maximum absolute atomic E-state index is 6.19. The van der Waals surface area contributed by atoms with Crippen molar-refractivity contribution in [2.75, 3.05) is 0 Å². The highest BCUT2D eigenvalue weighted by Gasteiger charge is 2.24. The highest BCUT2D eigenvalue weighted by molar-refractivity contribution is 5.94. The van der Waals surface area contributed by atoms with Crippen LogP contribution in [0.25, 0.3) is 27.2 Å². The summed E-state index contributed by atoms with van der Waals surface area (Å²) in [6.07, 6.45) is 2.93. The van der Waals surface area contributed by atoms with Crippen LogP contribution in [0.1, 0.15) is 11.3 Å². The summed E-state index contributed by atoms with van der Waals surface area (Å²) in [7, 11) is 0. The lowest BCUT2D eigenvalue weighted by molar-refractivity contribution is 0.444. The van der Waals surface area contributed by atoms with Crippen molar-refractivity contribution in [1.82, 2.24) is 9.38 Å². The lowest BCUT2D eigenvalue weighted by Crippen LogP contribution is -2.05. The van der Waals surface area contributed by atoms with Crippen molar-refractivity contribution in [2.24, 2.45) is 0 Å². The third-order valence-corrected chi connectivity index (χ3v) is 5.13. The number of aromatic nitrogens is 2. The number of fused-ring (bicyclic) bond motifs is 8. The molecule has 0 bridgehead atoms. The Balaban J connectivity index is 1.65. The Morgan fingerprint density at radius 1 is 0.800 bits per heavy atom. The summed E-state index contributed by atoms with van der Waals surface area (Å²) in [6, 6.07) is 23.1. The maximum atomic E-state index is 6.19. The van der Waals surface area contributed by atoms with E-state index in [0.29, 0.717) is 0 Å². The van der Waals surface area contributed by atoms with Crippen LogP contribution in [-0.4, -0.2) is 9.38 Å². The summed E-state index contributed by atoms with van der Waals surface area (Å²) >= 11 is 0. The molecule has 3 nitrogen and oxygen atoms in total. The second-order valence-electron chi connectivity index (χ2n) is 6.50. The molecule has 0 spiro atoms. The van der Waals surface area contributed by atoms with Crippen LogP contribution in [0.5, 0.6) is 11.6 Å². The van der Waals surface area contributed by atoms with Gasteiger partial charge in [-0.2, -0.15) is 4.98 Å². The Bertz CT molecular complexity index is 1300. The molecule has 25 heavy (non-hydrogen) atoms. The van der Waals surface area contributed by atoms with Gasteiger partial charge < -0.3 is 4.74 Å². The van der Waals surface area contributed by atoms with E-state index < -0.39 is 0 Å². The first-order valence-corrected chi connectivity index (χ1v) is 8.46. The minimum Gasteiger partial charge on any atom is -0.437 e. The molecule has 0 atom stereocenters. The van der Waals surface area contributed by atoms with E-state index in [2.05, 4.69) is 77.3 Å². The first-order valence-electron chi connectivity index (χ1n) is 8.46. The van der Waals surface area contributed by atoms with E-state index in [4.69, 9.17) is 9.72 Å². The molecule has 0 radical (unpaired) electrons. The number of rotatable bonds is 0. The molecule has 2 aromatic heterocycles.